The van der Waals surface area contributed by atoms with Crippen molar-refractivity contribution in [2.45, 2.75) is 33.7 Å². The van der Waals surface area contributed by atoms with Gasteiger partial charge in [0.25, 0.3) is 5.91 Å². The molecule has 0 saturated carbocycles. The Morgan fingerprint density at radius 2 is 2.06 bits per heavy atom. The molecular weight excluding hydrogens is 218 g/mol. The monoisotopic (exact) mass is 237 g/mol. The molecule has 0 radical (unpaired) electrons. The Labute approximate surface area is 101 Å². The van der Waals surface area contributed by atoms with E-state index in [1.807, 2.05) is 6.92 Å². The van der Waals surface area contributed by atoms with Crippen LogP contribution < -0.4 is 16.8 Å². The maximum Gasteiger partial charge on any atom is 0.254 e. The Morgan fingerprint density at radius 1 is 1.47 bits per heavy atom. The molecule has 0 saturated heterocycles. The molecule has 0 spiro atoms. The number of primary amides is 1. The molecule has 0 fully saturated rings. The first-order chi connectivity index (χ1) is 7.71. The van der Waals surface area contributed by atoms with Crippen molar-refractivity contribution in [2.24, 2.45) is 11.1 Å². The molecule has 17 heavy (non-hydrogen) atoms. The van der Waals surface area contributed by atoms with Gasteiger partial charge in [0.15, 0.2) is 0 Å². The van der Waals surface area contributed by atoms with Crippen LogP contribution in [0.3, 0.4) is 0 Å². The molecule has 5 N–H and O–H groups in total. The van der Waals surface area contributed by atoms with E-state index in [-0.39, 0.29) is 23.0 Å². The minimum Gasteiger partial charge on any atom is -0.368 e. The third kappa shape index (κ3) is 3.30. The number of hydrogen-bond donors (Lipinski definition) is 3. The van der Waals surface area contributed by atoms with Gasteiger partial charge in [-0.2, -0.15) is 4.98 Å². The Hall–Kier alpha value is -1.85. The largest absolute Gasteiger partial charge is 0.368 e. The molecule has 0 aliphatic rings. The molecule has 0 aliphatic heterocycles. The quantitative estimate of drug-likeness (QED) is 0.727. The van der Waals surface area contributed by atoms with Crippen molar-refractivity contribution in [2.75, 3.05) is 11.1 Å². The summed E-state index contributed by atoms with van der Waals surface area (Å²) >= 11 is 0. The van der Waals surface area contributed by atoms with Crippen molar-refractivity contribution in [3.8, 4) is 0 Å². The zero-order valence-electron chi connectivity index (χ0n) is 10.6. The minimum atomic E-state index is -0.575. The topological polar surface area (TPSA) is 107 Å². The van der Waals surface area contributed by atoms with Gasteiger partial charge in [-0.25, -0.2) is 4.98 Å². The minimum absolute atomic E-state index is 0.0224. The van der Waals surface area contributed by atoms with Gasteiger partial charge in [0.1, 0.15) is 5.82 Å². The summed E-state index contributed by atoms with van der Waals surface area (Å²) in [5.74, 6) is -0.0837. The van der Waals surface area contributed by atoms with Crippen molar-refractivity contribution in [3.05, 3.63) is 11.8 Å². The Morgan fingerprint density at radius 3 is 2.53 bits per heavy atom. The Balaban J connectivity index is 3.04. The van der Waals surface area contributed by atoms with E-state index in [0.29, 0.717) is 5.82 Å². The highest BCUT2D eigenvalue weighted by Gasteiger charge is 2.22. The van der Waals surface area contributed by atoms with Crippen molar-refractivity contribution < 1.29 is 4.79 Å². The van der Waals surface area contributed by atoms with E-state index in [4.69, 9.17) is 11.5 Å². The zero-order chi connectivity index (χ0) is 13.2. The maximum absolute atomic E-state index is 11.2. The highest BCUT2D eigenvalue weighted by atomic mass is 16.1. The summed E-state index contributed by atoms with van der Waals surface area (Å²) in [4.78, 5) is 19.0. The molecule has 0 aromatic carbocycles. The summed E-state index contributed by atoms with van der Waals surface area (Å²) < 4.78 is 0. The van der Waals surface area contributed by atoms with Crippen molar-refractivity contribution in [3.63, 3.8) is 0 Å². The number of rotatable bonds is 3. The lowest BCUT2D eigenvalue weighted by atomic mass is 9.88. The van der Waals surface area contributed by atoms with Crippen LogP contribution in [0.4, 0.5) is 11.8 Å². The molecule has 0 unspecified atom stereocenters. The summed E-state index contributed by atoms with van der Waals surface area (Å²) in [6.45, 7) is 8.25. The first kappa shape index (κ1) is 13.2. The van der Waals surface area contributed by atoms with Crippen LogP contribution in [0, 0.1) is 5.41 Å². The summed E-state index contributed by atoms with van der Waals surface area (Å²) in [7, 11) is 0. The standard InChI is InChI=1S/C11H19N5O/c1-6(11(2,3)4)15-9-7(8(12)17)5-14-10(13)16-9/h5-6H,1-4H3,(H2,12,17)(H3,13,14,15,16)/t6-/m1/s1. The second kappa shape index (κ2) is 4.57. The molecule has 1 amide bonds. The van der Waals surface area contributed by atoms with Gasteiger partial charge >= 0.3 is 0 Å². The van der Waals surface area contributed by atoms with Gasteiger partial charge in [0.05, 0.1) is 5.56 Å². The lowest BCUT2D eigenvalue weighted by molar-refractivity contribution is 0.100. The number of carbonyl (C=O) groups excluding carboxylic acids is 1. The van der Waals surface area contributed by atoms with E-state index in [1.165, 1.54) is 6.20 Å². The number of aromatic nitrogens is 2. The van der Waals surface area contributed by atoms with Crippen LogP contribution in [0.25, 0.3) is 0 Å². The molecule has 1 heterocycles. The second-order valence-corrected chi connectivity index (χ2v) is 5.09. The van der Waals surface area contributed by atoms with Crippen molar-refractivity contribution in [1.82, 2.24) is 9.97 Å². The van der Waals surface area contributed by atoms with Crippen LogP contribution in [0.15, 0.2) is 6.20 Å². The Bertz CT molecular complexity index is 424. The lowest BCUT2D eigenvalue weighted by Gasteiger charge is -2.29. The molecule has 1 atom stereocenters. The number of nitrogen functional groups attached to an aromatic ring is 1. The molecule has 94 valence electrons. The highest BCUT2D eigenvalue weighted by Crippen LogP contribution is 2.23. The van der Waals surface area contributed by atoms with Gasteiger partial charge in [-0.05, 0) is 12.3 Å². The fourth-order valence-electron chi connectivity index (χ4n) is 1.11. The predicted molar refractivity (Wildman–Crippen MR) is 67.5 cm³/mol. The average molecular weight is 237 g/mol. The van der Waals surface area contributed by atoms with Gasteiger partial charge in [0, 0.05) is 12.2 Å². The van der Waals surface area contributed by atoms with Crippen molar-refractivity contribution >= 4 is 17.7 Å². The first-order valence-corrected chi connectivity index (χ1v) is 5.40. The smallest absolute Gasteiger partial charge is 0.254 e. The molecule has 1 aromatic rings. The summed E-state index contributed by atoms with van der Waals surface area (Å²) in [6.07, 6.45) is 1.34. The molecule has 0 aliphatic carbocycles. The lowest BCUT2D eigenvalue weighted by Crippen LogP contribution is -2.32. The van der Waals surface area contributed by atoms with Crippen LogP contribution in [0.1, 0.15) is 38.1 Å². The van der Waals surface area contributed by atoms with Crippen LogP contribution in [0.5, 0.6) is 0 Å². The fourth-order valence-corrected chi connectivity index (χ4v) is 1.11. The van der Waals surface area contributed by atoms with Crippen LogP contribution in [-0.4, -0.2) is 21.9 Å². The van der Waals surface area contributed by atoms with Crippen LogP contribution >= 0.6 is 0 Å². The number of nitrogens with zero attached hydrogens (tertiary/aromatic N) is 2. The third-order valence-electron chi connectivity index (χ3n) is 2.73. The molecule has 1 aromatic heterocycles. The van der Waals surface area contributed by atoms with E-state index in [9.17, 15) is 4.79 Å². The molecule has 1 rings (SSSR count). The SMILES string of the molecule is C[C@@H](Nc1nc(N)ncc1C(N)=O)C(C)(C)C. The van der Waals surface area contributed by atoms with Gasteiger partial charge in [-0.3, -0.25) is 4.79 Å². The average Bonchev–Trinajstić information content (AvgIpc) is 2.15. The molecule has 6 nitrogen and oxygen atoms in total. The molecule has 0 bridgehead atoms. The zero-order valence-corrected chi connectivity index (χ0v) is 10.6. The van der Waals surface area contributed by atoms with E-state index in [2.05, 4.69) is 36.1 Å². The fraction of sp³-hybridized carbons (Fsp3) is 0.545. The van der Waals surface area contributed by atoms with Gasteiger partial charge < -0.3 is 16.8 Å². The summed E-state index contributed by atoms with van der Waals surface area (Å²) in [6, 6.07) is 0.106. The van der Waals surface area contributed by atoms with Crippen LogP contribution in [0.2, 0.25) is 0 Å². The van der Waals surface area contributed by atoms with Gasteiger partial charge in [-0.15, -0.1) is 0 Å². The second-order valence-electron chi connectivity index (χ2n) is 5.09. The van der Waals surface area contributed by atoms with E-state index < -0.39 is 5.91 Å². The molecular formula is C11H19N5O. The predicted octanol–water partition coefficient (Wildman–Crippen LogP) is 1.00. The number of nitrogens with one attached hydrogen (secondary N) is 1. The number of amides is 1. The molecule has 6 heteroatoms. The first-order valence-electron chi connectivity index (χ1n) is 5.40. The van der Waals surface area contributed by atoms with E-state index >= 15 is 0 Å². The number of hydrogen-bond acceptors (Lipinski definition) is 5. The third-order valence-corrected chi connectivity index (χ3v) is 2.73. The van der Waals surface area contributed by atoms with Gasteiger partial charge in [-0.1, -0.05) is 20.8 Å². The van der Waals surface area contributed by atoms with Crippen molar-refractivity contribution in [1.29, 1.82) is 0 Å². The van der Waals surface area contributed by atoms with E-state index in [0.717, 1.165) is 0 Å². The summed E-state index contributed by atoms with van der Waals surface area (Å²) in [5.41, 5.74) is 11.0. The highest BCUT2D eigenvalue weighted by molar-refractivity contribution is 5.97. The number of anilines is 2. The Kier molecular flexibility index (Phi) is 3.55. The maximum atomic E-state index is 11.2. The number of carbonyl (C=O) groups is 1. The number of nitrogens with two attached hydrogens (primary N) is 2. The summed E-state index contributed by atoms with van der Waals surface area (Å²) in [5, 5.41) is 3.14. The van der Waals surface area contributed by atoms with Crippen LogP contribution in [-0.2, 0) is 0 Å². The van der Waals surface area contributed by atoms with E-state index in [1.54, 1.807) is 0 Å². The van der Waals surface area contributed by atoms with Gasteiger partial charge in [0.2, 0.25) is 5.95 Å². The normalized spacial score (nSPS) is 13.2.